The number of nitrogens with one attached hydrogen (secondary N) is 1. The van der Waals surface area contributed by atoms with Crippen LogP contribution < -0.4 is 11.1 Å². The van der Waals surface area contributed by atoms with Gasteiger partial charge in [-0.05, 0) is 51.0 Å². The fraction of sp³-hybridized carbons (Fsp3) is 0.353. The summed E-state index contributed by atoms with van der Waals surface area (Å²) in [6.07, 6.45) is 1.14. The van der Waals surface area contributed by atoms with Gasteiger partial charge in [-0.25, -0.2) is 0 Å². The van der Waals surface area contributed by atoms with Crippen molar-refractivity contribution in [2.75, 3.05) is 5.73 Å². The highest BCUT2D eigenvalue weighted by atomic mass is 16.3. The van der Waals surface area contributed by atoms with Crippen molar-refractivity contribution in [2.24, 2.45) is 0 Å². The van der Waals surface area contributed by atoms with Crippen LogP contribution in [0.3, 0.4) is 0 Å². The Morgan fingerprint density at radius 1 is 1.33 bits per heavy atom. The summed E-state index contributed by atoms with van der Waals surface area (Å²) in [5.74, 6) is 1.75. The third-order valence-electron chi connectivity index (χ3n) is 3.52. The standard InChI is InChI=1S/C17H22N2O2/c1-11-9-16(13(3)21-11)12(2)19-17(20)8-7-14-5-4-6-15(18)10-14/h4-6,9-10,12H,7-8,18H2,1-3H3,(H,19,20). The number of nitrogens with two attached hydrogens (primary N) is 1. The Balaban J connectivity index is 1.88. The highest BCUT2D eigenvalue weighted by molar-refractivity contribution is 5.76. The molecule has 1 amide bonds. The topological polar surface area (TPSA) is 68.3 Å². The van der Waals surface area contributed by atoms with Gasteiger partial charge >= 0.3 is 0 Å². The number of furan rings is 1. The Labute approximate surface area is 125 Å². The maximum Gasteiger partial charge on any atom is 0.220 e. The largest absolute Gasteiger partial charge is 0.466 e. The second-order valence-electron chi connectivity index (χ2n) is 5.40. The molecule has 0 saturated carbocycles. The second kappa shape index (κ2) is 6.48. The van der Waals surface area contributed by atoms with Crippen molar-refractivity contribution in [1.29, 1.82) is 0 Å². The summed E-state index contributed by atoms with van der Waals surface area (Å²) < 4.78 is 5.49. The average molecular weight is 286 g/mol. The number of anilines is 1. The number of amides is 1. The van der Waals surface area contributed by atoms with Gasteiger partial charge in [-0.2, -0.15) is 0 Å². The lowest BCUT2D eigenvalue weighted by atomic mass is 10.1. The van der Waals surface area contributed by atoms with E-state index in [0.29, 0.717) is 12.8 Å². The van der Waals surface area contributed by atoms with Crippen LogP contribution in [0.1, 0.15) is 42.0 Å². The van der Waals surface area contributed by atoms with Crippen LogP contribution in [0.2, 0.25) is 0 Å². The summed E-state index contributed by atoms with van der Waals surface area (Å²) in [6, 6.07) is 9.56. The van der Waals surface area contributed by atoms with Gasteiger partial charge in [0.1, 0.15) is 11.5 Å². The van der Waals surface area contributed by atoms with E-state index in [-0.39, 0.29) is 11.9 Å². The molecule has 0 bridgehead atoms. The minimum atomic E-state index is -0.0456. The zero-order valence-corrected chi connectivity index (χ0v) is 12.8. The van der Waals surface area contributed by atoms with E-state index >= 15 is 0 Å². The SMILES string of the molecule is Cc1cc(C(C)NC(=O)CCc2cccc(N)c2)c(C)o1. The second-order valence-corrected chi connectivity index (χ2v) is 5.40. The van der Waals surface area contributed by atoms with E-state index in [0.717, 1.165) is 28.3 Å². The quantitative estimate of drug-likeness (QED) is 0.829. The maximum atomic E-state index is 12.0. The van der Waals surface area contributed by atoms with E-state index in [4.69, 9.17) is 10.2 Å². The molecular formula is C17H22N2O2. The minimum Gasteiger partial charge on any atom is -0.466 e. The third-order valence-corrected chi connectivity index (χ3v) is 3.52. The summed E-state index contributed by atoms with van der Waals surface area (Å²) in [5, 5.41) is 3.01. The predicted molar refractivity (Wildman–Crippen MR) is 83.9 cm³/mol. The summed E-state index contributed by atoms with van der Waals surface area (Å²) in [5.41, 5.74) is 8.57. The van der Waals surface area contributed by atoms with E-state index in [1.54, 1.807) is 0 Å². The van der Waals surface area contributed by atoms with Crippen LogP contribution in [0.4, 0.5) is 5.69 Å². The molecule has 2 aromatic rings. The molecule has 0 radical (unpaired) electrons. The molecule has 0 aliphatic carbocycles. The molecule has 4 nitrogen and oxygen atoms in total. The molecule has 2 rings (SSSR count). The van der Waals surface area contributed by atoms with Gasteiger partial charge in [-0.15, -0.1) is 0 Å². The maximum absolute atomic E-state index is 12.0. The molecule has 21 heavy (non-hydrogen) atoms. The van der Waals surface area contributed by atoms with Gasteiger partial charge in [0.15, 0.2) is 0 Å². The molecule has 0 fully saturated rings. The number of aryl methyl sites for hydroxylation is 3. The van der Waals surface area contributed by atoms with Crippen molar-refractivity contribution in [1.82, 2.24) is 5.32 Å². The third kappa shape index (κ3) is 4.12. The van der Waals surface area contributed by atoms with E-state index in [1.165, 1.54) is 0 Å². The molecule has 3 N–H and O–H groups in total. The first-order valence-corrected chi connectivity index (χ1v) is 7.16. The average Bonchev–Trinajstić information content (AvgIpc) is 2.75. The Morgan fingerprint density at radius 2 is 2.10 bits per heavy atom. The first-order valence-electron chi connectivity index (χ1n) is 7.16. The lowest BCUT2D eigenvalue weighted by molar-refractivity contribution is -0.121. The zero-order valence-electron chi connectivity index (χ0n) is 12.8. The molecule has 1 aromatic heterocycles. The number of carbonyl (C=O) groups excluding carboxylic acids is 1. The van der Waals surface area contributed by atoms with E-state index < -0.39 is 0 Å². The van der Waals surface area contributed by atoms with Crippen molar-refractivity contribution in [2.45, 2.75) is 39.7 Å². The van der Waals surface area contributed by atoms with Gasteiger partial charge in [-0.3, -0.25) is 4.79 Å². The van der Waals surface area contributed by atoms with Gasteiger partial charge in [0.05, 0.1) is 6.04 Å². The van der Waals surface area contributed by atoms with Crippen molar-refractivity contribution in [3.05, 3.63) is 53.0 Å². The van der Waals surface area contributed by atoms with Crippen molar-refractivity contribution < 1.29 is 9.21 Å². The Hall–Kier alpha value is -2.23. The zero-order chi connectivity index (χ0) is 15.4. The highest BCUT2D eigenvalue weighted by Gasteiger charge is 2.14. The van der Waals surface area contributed by atoms with Crippen LogP contribution in [0.25, 0.3) is 0 Å². The molecule has 112 valence electrons. The molecule has 1 heterocycles. The normalized spacial score (nSPS) is 12.1. The Morgan fingerprint density at radius 3 is 2.71 bits per heavy atom. The van der Waals surface area contributed by atoms with Gasteiger partial charge in [0, 0.05) is 17.7 Å². The molecule has 4 heteroatoms. The highest BCUT2D eigenvalue weighted by Crippen LogP contribution is 2.21. The molecule has 0 saturated heterocycles. The smallest absolute Gasteiger partial charge is 0.220 e. The predicted octanol–water partition coefficient (Wildman–Crippen LogP) is 3.29. The number of hydrogen-bond donors (Lipinski definition) is 2. The van der Waals surface area contributed by atoms with Crippen molar-refractivity contribution in [3.8, 4) is 0 Å². The van der Waals surface area contributed by atoms with Gasteiger partial charge in [-0.1, -0.05) is 12.1 Å². The summed E-state index contributed by atoms with van der Waals surface area (Å²) in [4.78, 5) is 12.0. The fourth-order valence-electron chi connectivity index (χ4n) is 2.48. The number of rotatable bonds is 5. The van der Waals surface area contributed by atoms with E-state index in [1.807, 2.05) is 51.1 Å². The summed E-state index contributed by atoms with van der Waals surface area (Å²) >= 11 is 0. The lowest BCUT2D eigenvalue weighted by Crippen LogP contribution is -2.26. The van der Waals surface area contributed by atoms with Crippen molar-refractivity contribution in [3.63, 3.8) is 0 Å². The number of hydrogen-bond acceptors (Lipinski definition) is 3. The molecule has 1 aromatic carbocycles. The molecule has 1 unspecified atom stereocenters. The molecule has 1 atom stereocenters. The molecule has 0 aliphatic rings. The van der Waals surface area contributed by atoms with Gasteiger partial charge in [0.2, 0.25) is 5.91 Å². The fourth-order valence-corrected chi connectivity index (χ4v) is 2.48. The molecule has 0 spiro atoms. The first-order chi connectivity index (χ1) is 9.95. The number of nitrogen functional groups attached to an aromatic ring is 1. The van der Waals surface area contributed by atoms with Crippen molar-refractivity contribution >= 4 is 11.6 Å². The lowest BCUT2D eigenvalue weighted by Gasteiger charge is -2.13. The van der Waals surface area contributed by atoms with Gasteiger partial charge in [0.25, 0.3) is 0 Å². The summed E-state index contributed by atoms with van der Waals surface area (Å²) in [6.45, 7) is 5.79. The van der Waals surface area contributed by atoms with Crippen LogP contribution in [0.15, 0.2) is 34.7 Å². The molecular weight excluding hydrogens is 264 g/mol. The Bertz CT molecular complexity index is 631. The van der Waals surface area contributed by atoms with Crippen LogP contribution in [-0.2, 0) is 11.2 Å². The van der Waals surface area contributed by atoms with Crippen LogP contribution >= 0.6 is 0 Å². The van der Waals surface area contributed by atoms with Gasteiger partial charge < -0.3 is 15.5 Å². The first kappa shape index (κ1) is 15.2. The van der Waals surface area contributed by atoms with Crippen LogP contribution in [-0.4, -0.2) is 5.91 Å². The van der Waals surface area contributed by atoms with Crippen LogP contribution in [0, 0.1) is 13.8 Å². The van der Waals surface area contributed by atoms with E-state index in [2.05, 4.69) is 5.32 Å². The minimum absolute atomic E-state index is 0.0307. The summed E-state index contributed by atoms with van der Waals surface area (Å²) in [7, 11) is 0. The molecule has 0 aliphatic heterocycles. The van der Waals surface area contributed by atoms with E-state index in [9.17, 15) is 4.79 Å². The van der Waals surface area contributed by atoms with Crippen LogP contribution in [0.5, 0.6) is 0 Å². The number of benzene rings is 1. The monoisotopic (exact) mass is 286 g/mol. The Kier molecular flexibility index (Phi) is 4.68. The number of carbonyl (C=O) groups is 1.